The first-order valence-electron chi connectivity index (χ1n) is 7.99. The van der Waals surface area contributed by atoms with Gasteiger partial charge in [-0.1, -0.05) is 12.2 Å². The summed E-state index contributed by atoms with van der Waals surface area (Å²) in [5.74, 6) is -4.07. The molecule has 0 aromatic rings. The highest BCUT2D eigenvalue weighted by molar-refractivity contribution is 6.06. The molecule has 1 atom stereocenters. The van der Waals surface area contributed by atoms with Gasteiger partial charge in [0, 0.05) is 20.0 Å². The van der Waals surface area contributed by atoms with Crippen LogP contribution in [-0.2, 0) is 33.3 Å². The molecule has 1 aliphatic rings. The monoisotopic (exact) mass is 371 g/mol. The summed E-state index contributed by atoms with van der Waals surface area (Å²) in [6.45, 7) is 6.31. The summed E-state index contributed by atoms with van der Waals surface area (Å²) in [4.78, 5) is 50.0. The van der Waals surface area contributed by atoms with Crippen LogP contribution in [0.5, 0.6) is 0 Å². The third-order valence-electron chi connectivity index (χ3n) is 3.57. The van der Waals surface area contributed by atoms with Crippen molar-refractivity contribution in [3.63, 3.8) is 0 Å². The molecular formula is C17H25NO8. The van der Waals surface area contributed by atoms with Crippen LogP contribution >= 0.6 is 0 Å². The molecule has 0 aromatic heterocycles. The highest BCUT2D eigenvalue weighted by Gasteiger charge is 2.58. The zero-order chi connectivity index (χ0) is 20.1. The van der Waals surface area contributed by atoms with E-state index in [1.165, 1.54) is 11.0 Å². The second-order valence-electron chi connectivity index (χ2n) is 6.73. The van der Waals surface area contributed by atoms with E-state index >= 15 is 0 Å². The van der Waals surface area contributed by atoms with E-state index in [0.717, 1.165) is 21.1 Å². The molecule has 0 aliphatic carbocycles. The summed E-state index contributed by atoms with van der Waals surface area (Å²) < 4.78 is 19.8. The van der Waals surface area contributed by atoms with Crippen molar-refractivity contribution in [2.75, 3.05) is 27.3 Å². The normalized spacial score (nSPS) is 17.3. The van der Waals surface area contributed by atoms with Gasteiger partial charge in [-0.05, 0) is 20.8 Å². The fraction of sp³-hybridized carbons (Fsp3) is 0.647. The van der Waals surface area contributed by atoms with Crippen molar-refractivity contribution >= 4 is 24.0 Å². The molecule has 146 valence electrons. The highest BCUT2D eigenvalue weighted by atomic mass is 16.6. The molecule has 1 rings (SSSR count). The Kier molecular flexibility index (Phi) is 6.77. The molecule has 9 nitrogen and oxygen atoms in total. The Morgan fingerprint density at radius 3 is 1.96 bits per heavy atom. The number of carbonyl (C=O) groups is 4. The zero-order valence-electron chi connectivity index (χ0n) is 15.9. The van der Waals surface area contributed by atoms with Crippen LogP contribution in [0.2, 0.25) is 0 Å². The predicted octanol–water partition coefficient (Wildman–Crippen LogP) is 1.06. The number of rotatable bonds is 4. The van der Waals surface area contributed by atoms with Gasteiger partial charge in [-0.2, -0.15) is 0 Å². The van der Waals surface area contributed by atoms with Gasteiger partial charge in [0.05, 0.1) is 20.1 Å². The average molecular weight is 371 g/mol. The molecule has 26 heavy (non-hydrogen) atoms. The molecule has 0 saturated carbocycles. The van der Waals surface area contributed by atoms with E-state index in [0.29, 0.717) is 0 Å². The molecule has 1 amide bonds. The summed E-state index contributed by atoms with van der Waals surface area (Å²) in [6, 6.07) is 0. The van der Waals surface area contributed by atoms with Gasteiger partial charge >= 0.3 is 29.6 Å². The Balaban J connectivity index is 3.25. The molecule has 9 heteroatoms. The Hall–Kier alpha value is -2.58. The molecule has 0 bridgehead atoms. The van der Waals surface area contributed by atoms with Crippen LogP contribution in [0.25, 0.3) is 0 Å². The maximum atomic E-state index is 12.4. The van der Waals surface area contributed by atoms with Crippen LogP contribution < -0.4 is 0 Å². The fourth-order valence-electron chi connectivity index (χ4n) is 2.54. The van der Waals surface area contributed by atoms with Crippen molar-refractivity contribution < 1.29 is 38.1 Å². The van der Waals surface area contributed by atoms with Gasteiger partial charge in [-0.3, -0.25) is 4.79 Å². The van der Waals surface area contributed by atoms with Crippen LogP contribution in [0.4, 0.5) is 4.79 Å². The summed E-state index contributed by atoms with van der Waals surface area (Å²) in [5.41, 5.74) is -3.07. The SMILES string of the molecule is COC(=O)C(OC(C)=O)(C(=O)OC)[C@@H]1C=CCN(C(=O)OC(C)(C)C)C1. The second kappa shape index (κ2) is 8.20. The molecule has 1 heterocycles. The van der Waals surface area contributed by atoms with Crippen molar-refractivity contribution in [2.24, 2.45) is 5.92 Å². The summed E-state index contributed by atoms with van der Waals surface area (Å²) in [5, 5.41) is 0. The Labute approximate surface area is 152 Å². The number of amides is 1. The van der Waals surface area contributed by atoms with Crippen molar-refractivity contribution in [3.8, 4) is 0 Å². The molecule has 0 aromatic carbocycles. The lowest BCUT2D eigenvalue weighted by molar-refractivity contribution is -0.199. The highest BCUT2D eigenvalue weighted by Crippen LogP contribution is 2.31. The maximum absolute atomic E-state index is 12.4. The Bertz CT molecular complexity index is 588. The molecule has 0 radical (unpaired) electrons. The van der Waals surface area contributed by atoms with Gasteiger partial charge in [-0.15, -0.1) is 0 Å². The van der Waals surface area contributed by atoms with Crippen LogP contribution in [0, 0.1) is 5.92 Å². The van der Waals surface area contributed by atoms with Crippen molar-refractivity contribution in [1.82, 2.24) is 4.90 Å². The first-order valence-corrected chi connectivity index (χ1v) is 7.99. The average Bonchev–Trinajstić information content (AvgIpc) is 2.56. The van der Waals surface area contributed by atoms with Crippen molar-refractivity contribution in [3.05, 3.63) is 12.2 Å². The number of methoxy groups -OCH3 is 2. The predicted molar refractivity (Wildman–Crippen MR) is 89.0 cm³/mol. The molecule has 1 aliphatic heterocycles. The lowest BCUT2D eigenvalue weighted by atomic mass is 9.84. The number of nitrogens with zero attached hydrogens (tertiary/aromatic N) is 1. The lowest BCUT2D eigenvalue weighted by Crippen LogP contribution is -2.60. The Morgan fingerprint density at radius 1 is 1.00 bits per heavy atom. The first kappa shape index (κ1) is 21.5. The van der Waals surface area contributed by atoms with Gasteiger partial charge in [0.2, 0.25) is 0 Å². The van der Waals surface area contributed by atoms with Crippen LogP contribution in [0.3, 0.4) is 0 Å². The van der Waals surface area contributed by atoms with E-state index in [1.54, 1.807) is 26.8 Å². The molecule has 0 fully saturated rings. The molecule has 0 N–H and O–H groups in total. The minimum atomic E-state index is -2.35. The number of esters is 3. The van der Waals surface area contributed by atoms with E-state index in [2.05, 4.69) is 9.47 Å². The minimum Gasteiger partial charge on any atom is -0.466 e. The van der Waals surface area contributed by atoms with Crippen molar-refractivity contribution in [1.29, 1.82) is 0 Å². The van der Waals surface area contributed by atoms with Gasteiger partial charge in [0.1, 0.15) is 5.60 Å². The van der Waals surface area contributed by atoms with E-state index in [-0.39, 0.29) is 13.1 Å². The Morgan fingerprint density at radius 2 is 1.54 bits per heavy atom. The number of hydrogen-bond donors (Lipinski definition) is 0. The molecule has 0 saturated heterocycles. The van der Waals surface area contributed by atoms with Crippen LogP contribution in [0.15, 0.2) is 12.2 Å². The third kappa shape index (κ3) is 4.74. The largest absolute Gasteiger partial charge is 0.466 e. The number of hydrogen-bond acceptors (Lipinski definition) is 8. The number of ether oxygens (including phenoxy) is 4. The first-order chi connectivity index (χ1) is 12.0. The molecule has 0 unspecified atom stereocenters. The lowest BCUT2D eigenvalue weighted by Gasteiger charge is -2.38. The fourth-order valence-corrected chi connectivity index (χ4v) is 2.54. The van der Waals surface area contributed by atoms with Crippen LogP contribution in [-0.4, -0.2) is 67.4 Å². The standard InChI is InChI=1S/C17H25NO8/c1-11(19)25-17(13(20)23-5,14(21)24-6)12-8-7-9-18(10-12)15(22)26-16(2,3)4/h7-8,12H,9-10H2,1-6H3/t12-/m1/s1. The smallest absolute Gasteiger partial charge is 0.410 e. The van der Waals surface area contributed by atoms with Gasteiger partial charge in [-0.25, -0.2) is 14.4 Å². The summed E-state index contributed by atoms with van der Waals surface area (Å²) in [7, 11) is 2.11. The molecular weight excluding hydrogens is 346 g/mol. The minimum absolute atomic E-state index is 0.108. The van der Waals surface area contributed by atoms with Gasteiger partial charge in [0.15, 0.2) is 0 Å². The second-order valence-corrected chi connectivity index (χ2v) is 6.73. The van der Waals surface area contributed by atoms with Crippen molar-refractivity contribution in [2.45, 2.75) is 38.9 Å². The molecule has 0 spiro atoms. The third-order valence-corrected chi connectivity index (χ3v) is 3.57. The van der Waals surface area contributed by atoms with E-state index < -0.39 is 41.1 Å². The van der Waals surface area contributed by atoms with E-state index in [1.807, 2.05) is 0 Å². The maximum Gasteiger partial charge on any atom is 0.410 e. The number of carbonyl (C=O) groups excluding carboxylic acids is 4. The summed E-state index contributed by atoms with van der Waals surface area (Å²) >= 11 is 0. The zero-order valence-corrected chi connectivity index (χ0v) is 15.9. The van der Waals surface area contributed by atoms with Crippen LogP contribution in [0.1, 0.15) is 27.7 Å². The van der Waals surface area contributed by atoms with Gasteiger partial charge < -0.3 is 23.8 Å². The van der Waals surface area contributed by atoms with Gasteiger partial charge in [0.25, 0.3) is 0 Å². The summed E-state index contributed by atoms with van der Waals surface area (Å²) in [6.07, 6.45) is 2.46. The van der Waals surface area contributed by atoms with E-state index in [4.69, 9.17) is 9.47 Å². The quantitative estimate of drug-likeness (QED) is 0.312. The topological polar surface area (TPSA) is 108 Å². The van der Waals surface area contributed by atoms with E-state index in [9.17, 15) is 19.2 Å².